The number of carbonyl (C=O) groups excluding carboxylic acids is 4. The number of halogens is 2. The highest BCUT2D eigenvalue weighted by Gasteiger charge is 2.64. The van der Waals surface area contributed by atoms with Gasteiger partial charge in [-0.2, -0.15) is 0 Å². The smallest absolute Gasteiger partial charge is 0.409 e. The van der Waals surface area contributed by atoms with Crippen molar-refractivity contribution in [1.29, 1.82) is 0 Å². The number of esters is 1. The second kappa shape index (κ2) is 15.7. The lowest BCUT2D eigenvalue weighted by molar-refractivity contribution is -0.158. The van der Waals surface area contributed by atoms with Crippen molar-refractivity contribution >= 4 is 46.9 Å². The Balaban J connectivity index is 1.51. The number of aryl methyl sites for hydroxylation is 1. The number of nitrogens with zero attached hydrogens (tertiary/aromatic N) is 2. The third kappa shape index (κ3) is 8.26. The fourth-order valence-corrected chi connectivity index (χ4v) is 7.35. The van der Waals surface area contributed by atoms with Gasteiger partial charge in [0, 0.05) is 39.2 Å². The Morgan fingerprint density at radius 3 is 2.59 bits per heavy atom. The van der Waals surface area contributed by atoms with Crippen LogP contribution in [0.25, 0.3) is 0 Å². The molecule has 8 atom stereocenters. The Morgan fingerprint density at radius 1 is 1.22 bits per heavy atom. The molecule has 15 heteroatoms. The summed E-state index contributed by atoms with van der Waals surface area (Å²) in [5.74, 6) is -3.53. The average molecular weight is 771 g/mol. The van der Waals surface area contributed by atoms with Crippen LogP contribution < -0.4 is 16.0 Å². The summed E-state index contributed by atoms with van der Waals surface area (Å²) in [6, 6.07) is 6.14. The first-order valence-electron chi connectivity index (χ1n) is 17.6. The number of methoxy groups -OCH3 is 1. The Bertz CT molecular complexity index is 1890. The van der Waals surface area contributed by atoms with Gasteiger partial charge in [0.05, 0.1) is 28.8 Å². The number of fused-ring (bicyclic) bond motifs is 5. The summed E-state index contributed by atoms with van der Waals surface area (Å²) in [5.41, 5.74) is 5.38. The number of likely N-dealkylation sites (N-methyl/N-ethyl adjacent to an activating group) is 1. The van der Waals surface area contributed by atoms with Gasteiger partial charge >= 0.3 is 12.1 Å². The molecule has 4 bridgehead atoms. The molecule has 3 amide bonds. The lowest BCUT2D eigenvalue weighted by Gasteiger charge is -2.42. The molecule has 2 fully saturated rings. The zero-order valence-electron chi connectivity index (χ0n) is 31.6. The number of anilines is 2. The number of nitrogens with two attached hydrogens (primary N) is 1. The maximum atomic E-state index is 14.7. The SMILES string of the molecule is CO[C@@H]1/C=C/C=C(\C)Cc2cc(C)c(Cl)c(c2)N(C)C(=O)C[C@H](OC(=O)[C@H](C)N(C)C(=O)c2ccc(N)cc2F)[C@]2(C)O[C@H]2[C@H](C)[C@@H]2C[C@@]1(O)NC(=O)O2. The molecule has 5 rings (SSSR count). The minimum absolute atomic E-state index is 0.0806. The van der Waals surface area contributed by atoms with E-state index in [9.17, 15) is 28.7 Å². The number of alkyl carbamates (subject to hydrolysis) is 1. The minimum Gasteiger partial charge on any atom is -0.457 e. The van der Waals surface area contributed by atoms with E-state index in [1.54, 1.807) is 33.0 Å². The minimum atomic E-state index is -1.85. The van der Waals surface area contributed by atoms with Gasteiger partial charge in [0.15, 0.2) is 5.72 Å². The molecule has 13 nitrogen and oxygen atoms in total. The van der Waals surface area contributed by atoms with Gasteiger partial charge in [-0.1, -0.05) is 48.4 Å². The van der Waals surface area contributed by atoms with Crippen molar-refractivity contribution < 1.29 is 47.6 Å². The van der Waals surface area contributed by atoms with Crippen LogP contribution in [0.3, 0.4) is 0 Å². The van der Waals surface area contributed by atoms with E-state index in [0.717, 1.165) is 27.7 Å². The monoisotopic (exact) mass is 770 g/mol. The molecule has 54 heavy (non-hydrogen) atoms. The summed E-state index contributed by atoms with van der Waals surface area (Å²) < 4.78 is 38.2. The first kappa shape index (κ1) is 40.7. The predicted molar refractivity (Wildman–Crippen MR) is 199 cm³/mol. The molecule has 4 N–H and O–H groups in total. The predicted octanol–water partition coefficient (Wildman–Crippen LogP) is 4.85. The standard InChI is InChI=1S/C39H48ClFN4O9/c1-20-10-9-11-30(51-8)39(50)19-29(52-37(49)43-39)22(3)34-38(5,54-34)31(18-32(46)45(7)28-16-24(14-20)15-21(2)33(28)40)53-36(48)23(4)44(6)35(47)26-13-12-25(42)17-27(26)41/h9-13,15-17,22-23,29-31,34,50H,14,18-19,42H2,1-8H3,(H,43,49)/b11-9+,20-10+/t22-,23+,29+,30-,31+,34+,38+,39+/m1/s1. The number of hydrogen-bond acceptors (Lipinski definition) is 10. The molecule has 3 heterocycles. The second-order valence-corrected chi connectivity index (χ2v) is 15.0. The summed E-state index contributed by atoms with van der Waals surface area (Å²) in [6.07, 6.45) is 0.694. The van der Waals surface area contributed by atoms with E-state index < -0.39 is 77.4 Å². The molecular formula is C39H48ClFN4O9. The van der Waals surface area contributed by atoms with Crippen LogP contribution in [-0.4, -0.2) is 96.9 Å². The van der Waals surface area contributed by atoms with Crippen molar-refractivity contribution in [2.75, 3.05) is 31.8 Å². The maximum Gasteiger partial charge on any atom is 0.409 e. The highest BCUT2D eigenvalue weighted by Crippen LogP contribution is 2.49. The molecule has 0 unspecified atom stereocenters. The van der Waals surface area contributed by atoms with Gasteiger partial charge in [-0.3, -0.25) is 14.9 Å². The zero-order valence-corrected chi connectivity index (χ0v) is 32.4. The zero-order chi connectivity index (χ0) is 39.9. The van der Waals surface area contributed by atoms with Crippen LogP contribution in [-0.2, 0) is 35.0 Å². The Kier molecular flexibility index (Phi) is 11.8. The van der Waals surface area contributed by atoms with E-state index in [0.29, 0.717) is 17.1 Å². The fourth-order valence-electron chi connectivity index (χ4n) is 7.11. The first-order valence-corrected chi connectivity index (χ1v) is 18.0. The molecule has 2 saturated heterocycles. The summed E-state index contributed by atoms with van der Waals surface area (Å²) in [7, 11) is 4.33. The summed E-state index contributed by atoms with van der Waals surface area (Å²) in [5, 5.41) is 14.6. The van der Waals surface area contributed by atoms with Crippen molar-refractivity contribution in [2.45, 2.75) is 95.7 Å². The van der Waals surface area contributed by atoms with Gasteiger partial charge in [-0.05, 0) is 69.5 Å². The third-order valence-corrected chi connectivity index (χ3v) is 11.2. The largest absolute Gasteiger partial charge is 0.457 e. The van der Waals surface area contributed by atoms with Crippen LogP contribution in [0.15, 0.2) is 54.1 Å². The van der Waals surface area contributed by atoms with E-state index in [1.165, 1.54) is 38.1 Å². The Labute approximate surface area is 319 Å². The summed E-state index contributed by atoms with van der Waals surface area (Å²) >= 11 is 6.76. The normalized spacial score (nSPS) is 30.8. The van der Waals surface area contributed by atoms with E-state index in [1.807, 2.05) is 32.1 Å². The van der Waals surface area contributed by atoms with Gasteiger partial charge < -0.3 is 39.6 Å². The van der Waals surface area contributed by atoms with Crippen LogP contribution in [0, 0.1) is 18.7 Å². The van der Waals surface area contributed by atoms with Crippen molar-refractivity contribution in [3.63, 3.8) is 0 Å². The summed E-state index contributed by atoms with van der Waals surface area (Å²) in [6.45, 7) is 8.63. The molecule has 0 aliphatic carbocycles. The van der Waals surface area contributed by atoms with Crippen molar-refractivity contribution in [1.82, 2.24) is 10.2 Å². The van der Waals surface area contributed by atoms with Gasteiger partial charge in [-0.15, -0.1) is 0 Å². The van der Waals surface area contributed by atoms with Crippen LogP contribution in [0.1, 0.15) is 62.0 Å². The number of epoxide rings is 1. The van der Waals surface area contributed by atoms with Crippen LogP contribution in [0.2, 0.25) is 5.02 Å². The molecule has 292 valence electrons. The quantitative estimate of drug-likeness (QED) is 0.217. The average Bonchev–Trinajstić information content (AvgIpc) is 3.80. The lowest BCUT2D eigenvalue weighted by Crippen LogP contribution is -2.63. The number of benzene rings is 2. The van der Waals surface area contributed by atoms with Crippen LogP contribution in [0.4, 0.5) is 20.6 Å². The molecule has 2 aromatic carbocycles. The molecule has 3 aliphatic rings. The number of ether oxygens (including phenoxy) is 4. The lowest BCUT2D eigenvalue weighted by atomic mass is 9.83. The van der Waals surface area contributed by atoms with E-state index in [-0.39, 0.29) is 24.1 Å². The number of nitrogen functional groups attached to an aromatic ring is 1. The van der Waals surface area contributed by atoms with Crippen molar-refractivity contribution in [3.8, 4) is 0 Å². The second-order valence-electron chi connectivity index (χ2n) is 14.7. The van der Waals surface area contributed by atoms with Gasteiger partial charge in [0.25, 0.3) is 5.91 Å². The first-order chi connectivity index (χ1) is 25.3. The number of carbonyl (C=O) groups is 4. The topological polar surface area (TPSA) is 173 Å². The van der Waals surface area contributed by atoms with Gasteiger partial charge in [0.1, 0.15) is 35.8 Å². The fraction of sp³-hybridized carbons (Fsp3) is 0.487. The van der Waals surface area contributed by atoms with Crippen molar-refractivity contribution in [3.05, 3.63) is 81.7 Å². The number of rotatable bonds is 5. The third-order valence-electron chi connectivity index (χ3n) is 10.7. The molecular weight excluding hydrogens is 723 g/mol. The van der Waals surface area contributed by atoms with Crippen LogP contribution in [0.5, 0.6) is 0 Å². The highest BCUT2D eigenvalue weighted by atomic mass is 35.5. The highest BCUT2D eigenvalue weighted by molar-refractivity contribution is 6.34. The Morgan fingerprint density at radius 2 is 1.93 bits per heavy atom. The molecule has 0 aromatic heterocycles. The summed E-state index contributed by atoms with van der Waals surface area (Å²) in [4.78, 5) is 56.4. The number of aliphatic hydroxyl groups is 1. The van der Waals surface area contributed by atoms with Crippen LogP contribution >= 0.6 is 11.6 Å². The number of hydrogen-bond donors (Lipinski definition) is 3. The van der Waals surface area contributed by atoms with E-state index in [2.05, 4.69) is 5.32 Å². The molecule has 0 radical (unpaired) electrons. The van der Waals surface area contributed by atoms with E-state index in [4.69, 9.17) is 36.3 Å². The molecule has 3 aliphatic heterocycles. The molecule has 0 saturated carbocycles. The Hall–Kier alpha value is -4.50. The van der Waals surface area contributed by atoms with E-state index >= 15 is 0 Å². The molecule has 0 spiro atoms. The molecule has 2 aromatic rings. The van der Waals surface area contributed by atoms with Crippen molar-refractivity contribution in [2.24, 2.45) is 5.92 Å². The number of nitrogens with one attached hydrogen (secondary N) is 1. The maximum absolute atomic E-state index is 14.7. The van der Waals surface area contributed by atoms with Gasteiger partial charge in [-0.25, -0.2) is 14.0 Å². The van der Waals surface area contributed by atoms with Gasteiger partial charge in [0.2, 0.25) is 5.91 Å². The number of amides is 3. The number of allylic oxidation sites excluding steroid dienone is 3.